The van der Waals surface area contributed by atoms with E-state index in [1.54, 1.807) is 24.1 Å². The van der Waals surface area contributed by atoms with Crippen molar-refractivity contribution in [2.75, 3.05) is 7.11 Å². The SMILES string of the molecule is COC1CCC2(CC1)CC(=O)N(Cc1cccc(F)c1)C(SCc1cccc(F)c1)=NCc1cc(CCC3CC3)ccc1C2. The maximum Gasteiger partial charge on any atom is 0.229 e. The quantitative estimate of drug-likeness (QED) is 0.254. The molecule has 0 unspecified atom stereocenters. The zero-order chi connectivity index (χ0) is 30.5. The molecule has 1 aliphatic heterocycles. The minimum Gasteiger partial charge on any atom is -0.381 e. The summed E-state index contributed by atoms with van der Waals surface area (Å²) >= 11 is 1.45. The smallest absolute Gasteiger partial charge is 0.229 e. The van der Waals surface area contributed by atoms with Crippen molar-refractivity contribution in [3.8, 4) is 0 Å². The molecule has 1 spiro atoms. The fourth-order valence-electron chi connectivity index (χ4n) is 6.82. The third-order valence-corrected chi connectivity index (χ3v) is 10.7. The van der Waals surface area contributed by atoms with Crippen LogP contribution >= 0.6 is 11.8 Å². The van der Waals surface area contributed by atoms with Crippen molar-refractivity contribution < 1.29 is 18.3 Å². The van der Waals surface area contributed by atoms with Crippen LogP contribution in [-0.2, 0) is 41.2 Å². The van der Waals surface area contributed by atoms with Gasteiger partial charge in [0.2, 0.25) is 5.91 Å². The Hall–Kier alpha value is -3.03. The predicted molar refractivity (Wildman–Crippen MR) is 173 cm³/mol. The average Bonchev–Trinajstić information content (AvgIpc) is 3.85. The molecule has 3 aromatic rings. The lowest BCUT2D eigenvalue weighted by molar-refractivity contribution is -0.131. The minimum absolute atomic E-state index is 0.000115. The molecule has 232 valence electrons. The maximum absolute atomic E-state index is 14.4. The van der Waals surface area contributed by atoms with Gasteiger partial charge in [-0.05, 0) is 108 Å². The molecule has 2 aliphatic carbocycles. The molecule has 0 saturated heterocycles. The summed E-state index contributed by atoms with van der Waals surface area (Å²) in [5, 5.41) is 0.598. The lowest BCUT2D eigenvalue weighted by Gasteiger charge is -2.41. The first kappa shape index (κ1) is 31.0. The molecule has 6 rings (SSSR count). The van der Waals surface area contributed by atoms with E-state index in [-0.39, 0.29) is 35.6 Å². The Balaban J connectivity index is 1.38. The molecular weight excluding hydrogens is 574 g/mol. The number of halogens is 2. The van der Waals surface area contributed by atoms with Crippen LogP contribution in [0.4, 0.5) is 8.78 Å². The first-order valence-electron chi connectivity index (χ1n) is 16.0. The Bertz CT molecular complexity index is 1500. The van der Waals surface area contributed by atoms with Crippen molar-refractivity contribution in [2.45, 2.75) is 89.2 Å². The highest BCUT2D eigenvalue weighted by Crippen LogP contribution is 2.45. The molecule has 3 aliphatic rings. The molecule has 2 saturated carbocycles. The number of ether oxygens (including phenoxy) is 1. The van der Waals surface area contributed by atoms with Crippen LogP contribution in [0.1, 0.15) is 79.2 Å². The first-order chi connectivity index (χ1) is 21.4. The van der Waals surface area contributed by atoms with Crippen molar-refractivity contribution in [3.05, 3.63) is 106 Å². The van der Waals surface area contributed by atoms with E-state index in [1.165, 1.54) is 72.0 Å². The number of rotatable bonds is 8. The molecule has 1 amide bonds. The third-order valence-electron chi connectivity index (χ3n) is 9.63. The number of carbonyl (C=O) groups is 1. The van der Waals surface area contributed by atoms with Crippen LogP contribution in [0.2, 0.25) is 0 Å². The number of hydrogen-bond donors (Lipinski definition) is 0. The molecule has 3 aromatic carbocycles. The van der Waals surface area contributed by atoms with Crippen LogP contribution in [0, 0.1) is 23.0 Å². The molecule has 1 heterocycles. The number of benzene rings is 3. The molecule has 2 fully saturated rings. The van der Waals surface area contributed by atoms with Gasteiger partial charge in [0.05, 0.1) is 19.2 Å². The number of fused-ring (bicyclic) bond motifs is 1. The standard InChI is InChI=1S/C37H42F2N2O2S/c1-43-34-14-16-37(17-15-34)21-30-13-12-27(11-10-26-8-9-26)18-31(30)23-40-36(44-25-29-5-3-7-33(39)20-29)41(35(42)22-37)24-28-4-2-6-32(38)19-28/h2-7,12-13,18-20,26,34H,8-11,14-17,21-25H2,1H3. The molecular formula is C37H42F2N2O2S. The predicted octanol–water partition coefficient (Wildman–Crippen LogP) is 8.65. The van der Waals surface area contributed by atoms with Gasteiger partial charge >= 0.3 is 0 Å². The second kappa shape index (κ2) is 13.9. The number of aliphatic imine (C=N–C) groups is 1. The van der Waals surface area contributed by atoms with Crippen molar-refractivity contribution in [3.63, 3.8) is 0 Å². The number of carbonyl (C=O) groups excluding carboxylic acids is 1. The fraction of sp³-hybridized carbons (Fsp3) is 0.459. The van der Waals surface area contributed by atoms with Gasteiger partial charge < -0.3 is 4.74 Å². The van der Waals surface area contributed by atoms with E-state index in [0.29, 0.717) is 23.9 Å². The topological polar surface area (TPSA) is 41.9 Å². The fourth-order valence-corrected chi connectivity index (χ4v) is 7.78. The highest BCUT2D eigenvalue weighted by atomic mass is 32.2. The Kier molecular flexibility index (Phi) is 9.82. The third kappa shape index (κ3) is 7.97. The summed E-state index contributed by atoms with van der Waals surface area (Å²) in [6.45, 7) is 0.693. The van der Waals surface area contributed by atoms with Crippen molar-refractivity contribution in [1.29, 1.82) is 0 Å². The van der Waals surface area contributed by atoms with Gasteiger partial charge in [0.1, 0.15) is 11.6 Å². The van der Waals surface area contributed by atoms with Crippen molar-refractivity contribution >= 4 is 22.8 Å². The number of methoxy groups -OCH3 is 1. The molecule has 0 atom stereocenters. The Labute approximate surface area is 264 Å². The number of aryl methyl sites for hydroxylation is 1. The number of amides is 1. The molecule has 4 nitrogen and oxygen atoms in total. The molecule has 44 heavy (non-hydrogen) atoms. The highest BCUT2D eigenvalue weighted by molar-refractivity contribution is 8.13. The van der Waals surface area contributed by atoms with Gasteiger partial charge in [0.15, 0.2) is 5.17 Å². The molecule has 0 radical (unpaired) electrons. The van der Waals surface area contributed by atoms with Gasteiger partial charge in [-0.3, -0.25) is 14.7 Å². The van der Waals surface area contributed by atoms with Crippen LogP contribution in [0.3, 0.4) is 0 Å². The second-order valence-electron chi connectivity index (χ2n) is 13.0. The number of hydrogen-bond acceptors (Lipinski definition) is 4. The van der Waals surface area contributed by atoms with E-state index in [4.69, 9.17) is 9.73 Å². The van der Waals surface area contributed by atoms with E-state index >= 15 is 0 Å². The van der Waals surface area contributed by atoms with Crippen molar-refractivity contribution in [1.82, 2.24) is 4.90 Å². The van der Waals surface area contributed by atoms with E-state index in [2.05, 4.69) is 18.2 Å². The molecule has 0 aromatic heterocycles. The largest absolute Gasteiger partial charge is 0.381 e. The highest BCUT2D eigenvalue weighted by Gasteiger charge is 2.40. The summed E-state index contributed by atoms with van der Waals surface area (Å²) in [5.41, 5.74) is 5.20. The maximum atomic E-state index is 14.4. The number of amidine groups is 1. The molecule has 0 N–H and O–H groups in total. The van der Waals surface area contributed by atoms with E-state index in [1.807, 2.05) is 12.1 Å². The lowest BCUT2D eigenvalue weighted by atomic mass is 9.67. The summed E-state index contributed by atoms with van der Waals surface area (Å²) in [6, 6.07) is 19.9. The zero-order valence-electron chi connectivity index (χ0n) is 25.6. The Morgan fingerprint density at radius 2 is 1.61 bits per heavy atom. The van der Waals surface area contributed by atoms with Gasteiger partial charge in [-0.15, -0.1) is 0 Å². The Morgan fingerprint density at radius 1 is 0.886 bits per heavy atom. The van der Waals surface area contributed by atoms with Crippen LogP contribution in [0.25, 0.3) is 0 Å². The van der Waals surface area contributed by atoms with Gasteiger partial charge in [0.25, 0.3) is 0 Å². The molecule has 0 bridgehead atoms. The van der Waals surface area contributed by atoms with Crippen LogP contribution in [0.15, 0.2) is 71.7 Å². The second-order valence-corrected chi connectivity index (χ2v) is 13.9. The summed E-state index contributed by atoms with van der Waals surface area (Å²) in [4.78, 5) is 21.2. The van der Waals surface area contributed by atoms with Crippen LogP contribution in [-0.4, -0.2) is 29.2 Å². The molecule has 7 heteroatoms. The van der Waals surface area contributed by atoms with Crippen LogP contribution < -0.4 is 0 Å². The van der Waals surface area contributed by atoms with E-state index in [9.17, 15) is 13.6 Å². The summed E-state index contributed by atoms with van der Waals surface area (Å²) < 4.78 is 34.0. The van der Waals surface area contributed by atoms with Crippen LogP contribution in [0.5, 0.6) is 0 Å². The normalized spacial score (nSPS) is 22.5. The zero-order valence-corrected chi connectivity index (χ0v) is 26.4. The summed E-state index contributed by atoms with van der Waals surface area (Å²) in [6.07, 6.45) is 10.1. The minimum atomic E-state index is -0.330. The average molecular weight is 617 g/mol. The van der Waals surface area contributed by atoms with Gasteiger partial charge in [-0.25, -0.2) is 8.78 Å². The first-order valence-corrected chi connectivity index (χ1v) is 17.0. The number of nitrogens with zero attached hydrogens (tertiary/aromatic N) is 2. The monoisotopic (exact) mass is 616 g/mol. The van der Waals surface area contributed by atoms with Crippen molar-refractivity contribution in [2.24, 2.45) is 16.3 Å². The van der Waals surface area contributed by atoms with Gasteiger partial charge in [-0.2, -0.15) is 0 Å². The Morgan fingerprint density at radius 3 is 2.32 bits per heavy atom. The van der Waals surface area contributed by atoms with E-state index < -0.39 is 0 Å². The summed E-state index contributed by atoms with van der Waals surface area (Å²) in [5.74, 6) is 0.724. The van der Waals surface area contributed by atoms with E-state index in [0.717, 1.165) is 55.6 Å². The summed E-state index contributed by atoms with van der Waals surface area (Å²) in [7, 11) is 1.78. The van der Waals surface area contributed by atoms with Gasteiger partial charge in [0, 0.05) is 19.3 Å². The number of thioether (sulfide) groups is 1. The lowest BCUT2D eigenvalue weighted by Crippen LogP contribution is -2.42. The van der Waals surface area contributed by atoms with Gasteiger partial charge in [-0.1, -0.05) is 67.1 Å².